The predicted octanol–water partition coefficient (Wildman–Crippen LogP) is 6.26. The number of carbonyl (C=O) groups excluding carboxylic acids is 1. The summed E-state index contributed by atoms with van der Waals surface area (Å²) in [6.45, 7) is 16.1. The molecule has 0 fully saturated rings. The number of nitrogens with zero attached hydrogens (tertiary/aromatic N) is 4. The van der Waals surface area contributed by atoms with E-state index in [0.717, 1.165) is 19.5 Å². The maximum atomic E-state index is 9.64. The van der Waals surface area contributed by atoms with Crippen LogP contribution in [0.25, 0.3) is 22.0 Å². The SMILES string of the molecule is C#C.CC(C)(C)O.CCc1c(C)c2c3c(cc(C)n3CCN2c2ncc(O)cn2)c1-c1ccc(C)cc1.COC=O. The minimum absolute atomic E-state index is 0.0841. The number of aromatic nitrogens is 3. The van der Waals surface area contributed by atoms with E-state index in [1.165, 1.54) is 69.6 Å². The van der Waals surface area contributed by atoms with Crippen molar-refractivity contribution in [3.63, 3.8) is 0 Å². The minimum atomic E-state index is -0.500. The number of anilines is 2. The van der Waals surface area contributed by atoms with Gasteiger partial charge in [-0.15, -0.1) is 12.8 Å². The van der Waals surface area contributed by atoms with E-state index >= 15 is 0 Å². The molecule has 3 heterocycles. The number of aromatic hydroxyl groups is 1. The first-order valence-corrected chi connectivity index (χ1v) is 13.4. The maximum absolute atomic E-state index is 9.64. The highest BCUT2D eigenvalue weighted by Gasteiger charge is 2.29. The molecule has 0 saturated carbocycles. The van der Waals surface area contributed by atoms with Gasteiger partial charge in [0.1, 0.15) is 0 Å². The molecular weight excluding hydrogens is 516 g/mol. The van der Waals surface area contributed by atoms with E-state index in [1.807, 2.05) is 0 Å². The molecule has 0 bridgehead atoms. The molecule has 4 aromatic rings. The van der Waals surface area contributed by atoms with Gasteiger partial charge in [-0.05, 0) is 76.3 Å². The fourth-order valence-corrected chi connectivity index (χ4v) is 4.87. The summed E-state index contributed by atoms with van der Waals surface area (Å²) in [5.41, 5.74) is 9.72. The molecule has 0 saturated heterocycles. The van der Waals surface area contributed by atoms with Crippen molar-refractivity contribution >= 4 is 29.0 Å². The summed E-state index contributed by atoms with van der Waals surface area (Å²) in [7, 11) is 1.31. The Balaban J connectivity index is 0.000000463. The normalized spacial score (nSPS) is 11.7. The lowest BCUT2D eigenvalue weighted by atomic mass is 9.89. The average Bonchev–Trinajstić information content (AvgIpc) is 3.28. The van der Waals surface area contributed by atoms with Crippen molar-refractivity contribution < 1.29 is 19.7 Å². The van der Waals surface area contributed by atoms with Gasteiger partial charge in [0.15, 0.2) is 5.75 Å². The van der Waals surface area contributed by atoms with Gasteiger partial charge in [-0.2, -0.15) is 0 Å². The molecule has 1 aliphatic rings. The summed E-state index contributed by atoms with van der Waals surface area (Å²) >= 11 is 0. The predicted molar refractivity (Wildman–Crippen MR) is 167 cm³/mol. The molecule has 2 aromatic heterocycles. The quantitative estimate of drug-likeness (QED) is 0.225. The van der Waals surface area contributed by atoms with Crippen LogP contribution in [0.2, 0.25) is 0 Å². The van der Waals surface area contributed by atoms with Crippen molar-refractivity contribution in [1.29, 1.82) is 0 Å². The number of methoxy groups -OCH3 is 1. The zero-order valence-electron chi connectivity index (χ0n) is 25.4. The number of hydrogen-bond acceptors (Lipinski definition) is 7. The van der Waals surface area contributed by atoms with E-state index in [1.54, 1.807) is 20.8 Å². The van der Waals surface area contributed by atoms with Crippen molar-refractivity contribution in [3.8, 4) is 29.7 Å². The molecule has 0 amide bonds. The minimum Gasteiger partial charge on any atom is -0.505 e. The molecular formula is C33H42N4O4. The highest BCUT2D eigenvalue weighted by atomic mass is 16.5. The van der Waals surface area contributed by atoms with Gasteiger partial charge in [-0.3, -0.25) is 4.79 Å². The van der Waals surface area contributed by atoms with Crippen molar-refractivity contribution in [1.82, 2.24) is 14.5 Å². The number of rotatable bonds is 4. The van der Waals surface area contributed by atoms with Gasteiger partial charge >= 0.3 is 0 Å². The lowest BCUT2D eigenvalue weighted by Gasteiger charge is -2.33. The standard InChI is InChI=1S/C25H26N4O.C4H10O.C2H4O2.C2H2/c1-5-20-17(4)23-24-21(22(20)18-8-6-15(2)7-9-18)12-16(3)28(24)10-11-29(23)25-26-13-19(30)14-27-25;1-4(2,3)5;1-4-2-3;1-2/h6-9,12-14,30H,5,10-11H2,1-4H3;5H,1-3H3;2H,1H3;1-2H. The van der Waals surface area contributed by atoms with E-state index in [0.29, 0.717) is 12.4 Å². The zero-order valence-corrected chi connectivity index (χ0v) is 25.4. The van der Waals surface area contributed by atoms with Crippen molar-refractivity contribution in [2.75, 3.05) is 18.6 Å². The topological polar surface area (TPSA) is 101 Å². The van der Waals surface area contributed by atoms with E-state index < -0.39 is 5.60 Å². The molecule has 1 aliphatic heterocycles. The molecule has 0 spiro atoms. The second-order valence-corrected chi connectivity index (χ2v) is 10.6. The lowest BCUT2D eigenvalue weighted by Crippen LogP contribution is -2.30. The van der Waals surface area contributed by atoms with Crippen LogP contribution >= 0.6 is 0 Å². The van der Waals surface area contributed by atoms with E-state index in [-0.39, 0.29) is 5.75 Å². The van der Waals surface area contributed by atoms with Gasteiger partial charge in [0.2, 0.25) is 5.95 Å². The number of aliphatic hydroxyl groups is 1. The Morgan fingerprint density at radius 2 is 1.59 bits per heavy atom. The number of carbonyl (C=O) groups is 1. The van der Waals surface area contributed by atoms with Crippen LogP contribution in [0.4, 0.5) is 11.6 Å². The largest absolute Gasteiger partial charge is 0.505 e. The molecule has 2 N–H and O–H groups in total. The van der Waals surface area contributed by atoms with Crippen LogP contribution in [-0.2, 0) is 22.5 Å². The highest BCUT2D eigenvalue weighted by molar-refractivity contribution is 6.07. The Kier molecular flexibility index (Phi) is 11.5. The molecule has 0 radical (unpaired) electrons. The fourth-order valence-electron chi connectivity index (χ4n) is 4.87. The van der Waals surface area contributed by atoms with Crippen LogP contribution in [0.15, 0.2) is 42.7 Å². The molecule has 8 nitrogen and oxygen atoms in total. The average molecular weight is 559 g/mol. The summed E-state index contributed by atoms with van der Waals surface area (Å²) in [6, 6.07) is 11.2. The maximum Gasteiger partial charge on any atom is 0.292 e. The molecule has 0 unspecified atom stereocenters. The van der Waals surface area contributed by atoms with Crippen LogP contribution < -0.4 is 4.90 Å². The van der Waals surface area contributed by atoms with Crippen molar-refractivity contribution in [2.24, 2.45) is 0 Å². The third kappa shape index (κ3) is 7.86. The van der Waals surface area contributed by atoms with Gasteiger partial charge in [-0.1, -0.05) is 36.8 Å². The van der Waals surface area contributed by atoms with Gasteiger partial charge < -0.3 is 24.4 Å². The van der Waals surface area contributed by atoms with Crippen molar-refractivity contribution in [3.05, 3.63) is 65.1 Å². The molecule has 41 heavy (non-hydrogen) atoms. The number of terminal acetylenes is 1. The molecule has 218 valence electrons. The second-order valence-electron chi connectivity index (χ2n) is 10.6. The van der Waals surface area contributed by atoms with Gasteiger partial charge in [0, 0.05) is 24.2 Å². The summed E-state index contributed by atoms with van der Waals surface area (Å²) < 4.78 is 6.28. The lowest BCUT2D eigenvalue weighted by molar-refractivity contribution is -0.126. The monoisotopic (exact) mass is 558 g/mol. The van der Waals surface area contributed by atoms with Gasteiger partial charge in [-0.25, -0.2) is 9.97 Å². The fraction of sp³-hybridized carbons (Fsp3) is 0.364. The summed E-state index contributed by atoms with van der Waals surface area (Å²) in [4.78, 5) is 20.0. The first-order chi connectivity index (χ1) is 19.4. The number of benzene rings is 2. The van der Waals surface area contributed by atoms with E-state index in [9.17, 15) is 5.11 Å². The van der Waals surface area contributed by atoms with Gasteiger partial charge in [0.25, 0.3) is 6.47 Å². The molecule has 2 aromatic carbocycles. The van der Waals surface area contributed by atoms with E-state index in [2.05, 4.69) is 95.0 Å². The van der Waals surface area contributed by atoms with Crippen LogP contribution in [0, 0.1) is 33.6 Å². The first kappa shape index (κ1) is 32.9. The Morgan fingerprint density at radius 3 is 2.07 bits per heavy atom. The zero-order chi connectivity index (χ0) is 30.9. The van der Waals surface area contributed by atoms with E-state index in [4.69, 9.17) is 9.90 Å². The molecule has 8 heteroatoms. The molecule has 5 rings (SSSR count). The highest BCUT2D eigenvalue weighted by Crippen LogP contribution is 2.46. The van der Waals surface area contributed by atoms with Crippen LogP contribution in [0.3, 0.4) is 0 Å². The molecule has 0 atom stereocenters. The Hall–Kier alpha value is -4.35. The summed E-state index contributed by atoms with van der Waals surface area (Å²) in [5, 5.41) is 19.4. The molecule has 0 aliphatic carbocycles. The summed E-state index contributed by atoms with van der Waals surface area (Å²) in [5.74, 6) is 0.716. The number of aryl methyl sites for hydroxylation is 2. The smallest absolute Gasteiger partial charge is 0.292 e. The van der Waals surface area contributed by atoms with Crippen molar-refractivity contribution in [2.45, 2.75) is 67.0 Å². The Bertz CT molecular complexity index is 1460. The van der Waals surface area contributed by atoms with Crippen LogP contribution in [-0.4, -0.2) is 50.5 Å². The third-order valence-corrected chi connectivity index (χ3v) is 6.38. The summed E-state index contributed by atoms with van der Waals surface area (Å²) in [6.07, 6.45) is 11.9. The van der Waals surface area contributed by atoms with Crippen LogP contribution in [0.5, 0.6) is 5.75 Å². The number of ether oxygens (including phenoxy) is 1. The number of hydrogen-bond donors (Lipinski definition) is 2. The first-order valence-electron chi connectivity index (χ1n) is 13.4. The second kappa shape index (κ2) is 14.3. The Morgan fingerprint density at radius 1 is 1.05 bits per heavy atom. The van der Waals surface area contributed by atoms with Crippen LogP contribution in [0.1, 0.15) is 50.1 Å². The Labute approximate surface area is 243 Å². The third-order valence-electron chi connectivity index (χ3n) is 6.38. The van der Waals surface area contributed by atoms with Gasteiger partial charge in [0.05, 0.1) is 36.3 Å².